The molecule has 0 aliphatic rings. The van der Waals surface area contributed by atoms with E-state index in [1.54, 1.807) is 24.3 Å². The third kappa shape index (κ3) is 9.05. The third-order valence-corrected chi connectivity index (χ3v) is 9.76. The molecule has 4 aromatic carbocycles. The maximum absolute atomic E-state index is 14.6. The number of hydrogen-bond acceptors (Lipinski definition) is 4. The van der Waals surface area contributed by atoms with Gasteiger partial charge in [0, 0.05) is 24.0 Å². The van der Waals surface area contributed by atoms with Crippen LogP contribution in [0.15, 0.2) is 112 Å². The second kappa shape index (κ2) is 15.4. The Balaban J connectivity index is 1.81. The second-order valence-electron chi connectivity index (χ2n) is 11.6. The number of halogens is 1. The standard InChI is InChI=1S/C36H40BrN3O4S/c1-26(2)23-38-36(42)34(22-29-11-7-5-8-12-29)39(24-30-16-18-31(37)19-17-30)35(41)25-40(33-20-15-27(3)21-28(33)4)45(43,44)32-13-9-6-10-14-32/h5-21,26,34H,22-25H2,1-4H3,(H,38,42)/t34-/m0/s1. The summed E-state index contributed by atoms with van der Waals surface area (Å²) in [5.41, 5.74) is 3.80. The Labute approximate surface area is 275 Å². The molecule has 0 aliphatic heterocycles. The minimum Gasteiger partial charge on any atom is -0.354 e. The van der Waals surface area contributed by atoms with Gasteiger partial charge in [0.2, 0.25) is 11.8 Å². The number of nitrogens with one attached hydrogen (secondary N) is 1. The number of aryl methyl sites for hydroxylation is 2. The minimum absolute atomic E-state index is 0.0766. The summed E-state index contributed by atoms with van der Waals surface area (Å²) in [5.74, 6) is -0.571. The Hall–Kier alpha value is -3.95. The largest absolute Gasteiger partial charge is 0.354 e. The third-order valence-electron chi connectivity index (χ3n) is 7.45. The molecule has 4 rings (SSSR count). The van der Waals surface area contributed by atoms with Crippen LogP contribution in [0.25, 0.3) is 0 Å². The lowest BCUT2D eigenvalue weighted by atomic mass is 10.0. The minimum atomic E-state index is -4.14. The first-order chi connectivity index (χ1) is 21.5. The van der Waals surface area contributed by atoms with Gasteiger partial charge in [0.05, 0.1) is 10.6 Å². The quantitative estimate of drug-likeness (QED) is 0.170. The maximum atomic E-state index is 14.6. The molecule has 0 aliphatic carbocycles. The Kier molecular flexibility index (Phi) is 11.6. The number of benzene rings is 4. The molecule has 4 aromatic rings. The smallest absolute Gasteiger partial charge is 0.264 e. The van der Waals surface area contributed by atoms with E-state index in [0.29, 0.717) is 12.2 Å². The van der Waals surface area contributed by atoms with Crippen molar-refractivity contribution >= 4 is 43.5 Å². The van der Waals surface area contributed by atoms with E-state index in [0.717, 1.165) is 26.7 Å². The number of rotatable bonds is 13. The van der Waals surface area contributed by atoms with E-state index in [9.17, 15) is 18.0 Å². The fourth-order valence-electron chi connectivity index (χ4n) is 5.08. The molecule has 0 unspecified atom stereocenters. The predicted molar refractivity (Wildman–Crippen MR) is 183 cm³/mol. The van der Waals surface area contributed by atoms with Gasteiger partial charge in [0.25, 0.3) is 10.0 Å². The van der Waals surface area contributed by atoms with Crippen LogP contribution in [0.4, 0.5) is 5.69 Å². The van der Waals surface area contributed by atoms with Crippen molar-refractivity contribution in [3.05, 3.63) is 130 Å². The van der Waals surface area contributed by atoms with Crippen molar-refractivity contribution < 1.29 is 18.0 Å². The van der Waals surface area contributed by atoms with E-state index in [-0.39, 0.29) is 29.7 Å². The van der Waals surface area contributed by atoms with E-state index in [4.69, 9.17) is 0 Å². The van der Waals surface area contributed by atoms with E-state index in [1.165, 1.54) is 21.3 Å². The van der Waals surface area contributed by atoms with E-state index < -0.39 is 28.5 Å². The average molecular weight is 691 g/mol. The first-order valence-corrected chi connectivity index (χ1v) is 17.2. The molecule has 1 atom stereocenters. The molecule has 9 heteroatoms. The summed E-state index contributed by atoms with van der Waals surface area (Å²) in [4.78, 5) is 30.0. The van der Waals surface area contributed by atoms with Crippen LogP contribution in [0.1, 0.15) is 36.1 Å². The molecule has 236 valence electrons. The van der Waals surface area contributed by atoms with Crippen LogP contribution in [0.5, 0.6) is 0 Å². The van der Waals surface area contributed by atoms with Crippen LogP contribution < -0.4 is 9.62 Å². The fourth-order valence-corrected chi connectivity index (χ4v) is 6.85. The molecule has 0 heterocycles. The highest BCUT2D eigenvalue weighted by Crippen LogP contribution is 2.28. The van der Waals surface area contributed by atoms with Crippen LogP contribution in [-0.4, -0.2) is 44.3 Å². The Bertz CT molecular complexity index is 1700. The van der Waals surface area contributed by atoms with Crippen LogP contribution in [0.3, 0.4) is 0 Å². The zero-order valence-electron chi connectivity index (χ0n) is 26.1. The molecule has 0 spiro atoms. The Morgan fingerprint density at radius 3 is 2.04 bits per heavy atom. The lowest BCUT2D eigenvalue weighted by Gasteiger charge is -2.34. The highest BCUT2D eigenvalue weighted by atomic mass is 79.9. The molecule has 0 bridgehead atoms. The van der Waals surface area contributed by atoms with Gasteiger partial charge in [-0.2, -0.15) is 0 Å². The summed E-state index contributed by atoms with van der Waals surface area (Å²) in [6.45, 7) is 7.85. The number of hydrogen-bond donors (Lipinski definition) is 1. The highest BCUT2D eigenvalue weighted by Gasteiger charge is 2.35. The number of nitrogens with zero attached hydrogens (tertiary/aromatic N) is 2. The van der Waals surface area contributed by atoms with Crippen molar-refractivity contribution in [2.45, 2.75) is 51.6 Å². The second-order valence-corrected chi connectivity index (χ2v) is 14.4. The van der Waals surface area contributed by atoms with Gasteiger partial charge >= 0.3 is 0 Å². The summed E-state index contributed by atoms with van der Waals surface area (Å²) in [5, 5.41) is 3.02. The summed E-state index contributed by atoms with van der Waals surface area (Å²) < 4.78 is 30.4. The molecular formula is C36H40BrN3O4S. The molecule has 0 saturated heterocycles. The summed E-state index contributed by atoms with van der Waals surface area (Å²) in [6.07, 6.45) is 0.266. The van der Waals surface area contributed by atoms with Crippen molar-refractivity contribution in [3.8, 4) is 0 Å². The van der Waals surface area contributed by atoms with Gasteiger partial charge in [-0.3, -0.25) is 13.9 Å². The lowest BCUT2D eigenvalue weighted by Crippen LogP contribution is -2.53. The van der Waals surface area contributed by atoms with Gasteiger partial charge in [-0.1, -0.05) is 108 Å². The summed E-state index contributed by atoms with van der Waals surface area (Å²) in [6, 6.07) is 29.7. The molecule has 0 saturated carbocycles. The van der Waals surface area contributed by atoms with E-state index >= 15 is 0 Å². The van der Waals surface area contributed by atoms with Gasteiger partial charge < -0.3 is 10.2 Å². The van der Waals surface area contributed by atoms with Crippen molar-refractivity contribution in [1.82, 2.24) is 10.2 Å². The van der Waals surface area contributed by atoms with E-state index in [1.807, 2.05) is 94.4 Å². The van der Waals surface area contributed by atoms with Crippen molar-refractivity contribution in [3.63, 3.8) is 0 Å². The topological polar surface area (TPSA) is 86.8 Å². The first-order valence-electron chi connectivity index (χ1n) is 15.0. The Morgan fingerprint density at radius 2 is 1.44 bits per heavy atom. The molecular weight excluding hydrogens is 650 g/mol. The molecule has 45 heavy (non-hydrogen) atoms. The van der Waals surface area contributed by atoms with Crippen LogP contribution in [0, 0.1) is 19.8 Å². The fraction of sp³-hybridized carbons (Fsp3) is 0.278. The van der Waals surface area contributed by atoms with E-state index in [2.05, 4.69) is 21.2 Å². The van der Waals surface area contributed by atoms with Crippen molar-refractivity contribution in [2.75, 3.05) is 17.4 Å². The predicted octanol–water partition coefficient (Wildman–Crippen LogP) is 6.67. The number of carbonyl (C=O) groups is 2. The van der Waals surface area contributed by atoms with Crippen LogP contribution in [0.2, 0.25) is 0 Å². The molecule has 1 N–H and O–H groups in total. The van der Waals surface area contributed by atoms with Crippen LogP contribution in [-0.2, 0) is 32.6 Å². The van der Waals surface area contributed by atoms with Crippen molar-refractivity contribution in [2.24, 2.45) is 5.92 Å². The molecule has 7 nitrogen and oxygen atoms in total. The number of anilines is 1. The monoisotopic (exact) mass is 689 g/mol. The van der Waals surface area contributed by atoms with Gasteiger partial charge in [-0.05, 0) is 66.8 Å². The average Bonchev–Trinajstić information content (AvgIpc) is 3.02. The van der Waals surface area contributed by atoms with Crippen molar-refractivity contribution in [1.29, 1.82) is 0 Å². The zero-order valence-corrected chi connectivity index (χ0v) is 28.5. The number of carbonyl (C=O) groups excluding carboxylic acids is 2. The van der Waals surface area contributed by atoms with Crippen LogP contribution >= 0.6 is 15.9 Å². The summed E-state index contributed by atoms with van der Waals surface area (Å²) in [7, 11) is -4.14. The first kappa shape index (κ1) is 33.9. The molecule has 0 radical (unpaired) electrons. The molecule has 0 aromatic heterocycles. The zero-order chi connectivity index (χ0) is 32.6. The summed E-state index contributed by atoms with van der Waals surface area (Å²) >= 11 is 3.47. The SMILES string of the molecule is Cc1ccc(N(CC(=O)N(Cc2ccc(Br)cc2)[C@@H](Cc2ccccc2)C(=O)NCC(C)C)S(=O)(=O)c2ccccc2)c(C)c1. The number of amides is 2. The van der Waals surface area contributed by atoms with Gasteiger partial charge in [0.1, 0.15) is 12.6 Å². The van der Waals surface area contributed by atoms with Gasteiger partial charge in [-0.25, -0.2) is 8.42 Å². The van der Waals surface area contributed by atoms with Gasteiger partial charge in [-0.15, -0.1) is 0 Å². The Morgan fingerprint density at radius 1 is 0.822 bits per heavy atom. The highest BCUT2D eigenvalue weighted by molar-refractivity contribution is 9.10. The maximum Gasteiger partial charge on any atom is 0.264 e. The molecule has 0 fully saturated rings. The van der Waals surface area contributed by atoms with Gasteiger partial charge in [0.15, 0.2) is 0 Å². The molecule has 2 amide bonds. The number of sulfonamides is 1. The lowest BCUT2D eigenvalue weighted by molar-refractivity contribution is -0.140. The normalized spacial score (nSPS) is 12.0.